The highest BCUT2D eigenvalue weighted by Crippen LogP contribution is 2.62. The van der Waals surface area contributed by atoms with Gasteiger partial charge in [0.1, 0.15) is 0 Å². The standard InChI is InChI=1S/C8H19O8P2S/c1-5-13-17(9)8(16-19(4,11)12)18(10,14-6-2)15-7-3/h8H,5-7H2,1-4H3/q+1. The minimum absolute atomic E-state index is 0.0177. The zero-order valence-corrected chi connectivity index (χ0v) is 13.9. The van der Waals surface area contributed by atoms with Crippen LogP contribution in [0.15, 0.2) is 0 Å². The Hall–Kier alpha value is 0.120. The van der Waals surface area contributed by atoms with Gasteiger partial charge in [-0.05, 0) is 25.3 Å². The maximum Gasteiger partial charge on any atom is 0.555 e. The Labute approximate surface area is 114 Å². The van der Waals surface area contributed by atoms with Crippen molar-refractivity contribution in [2.45, 2.75) is 26.4 Å². The molecule has 0 fully saturated rings. The third kappa shape index (κ3) is 6.90. The lowest BCUT2D eigenvalue weighted by Gasteiger charge is -2.17. The fourth-order valence-electron chi connectivity index (χ4n) is 1.08. The number of hydrogen-bond acceptors (Lipinski definition) is 8. The largest absolute Gasteiger partial charge is 0.555 e. The molecule has 0 amide bonds. The first-order chi connectivity index (χ1) is 8.70. The summed E-state index contributed by atoms with van der Waals surface area (Å²) in [5.74, 6) is 0. The zero-order chi connectivity index (χ0) is 15.1. The summed E-state index contributed by atoms with van der Waals surface area (Å²) in [6, 6.07) is 0. The van der Waals surface area contributed by atoms with Crippen molar-refractivity contribution in [2.75, 3.05) is 26.1 Å². The van der Waals surface area contributed by atoms with Crippen LogP contribution < -0.4 is 0 Å². The van der Waals surface area contributed by atoms with Crippen LogP contribution in [0.4, 0.5) is 0 Å². The van der Waals surface area contributed by atoms with E-state index in [0.29, 0.717) is 0 Å². The molecule has 0 aromatic carbocycles. The highest BCUT2D eigenvalue weighted by Gasteiger charge is 2.55. The summed E-state index contributed by atoms with van der Waals surface area (Å²) in [7, 11) is -10.7. The molecule has 0 saturated heterocycles. The predicted molar refractivity (Wildman–Crippen MR) is 69.8 cm³/mol. The monoisotopic (exact) mass is 337 g/mol. The van der Waals surface area contributed by atoms with Gasteiger partial charge in [-0.2, -0.15) is 8.42 Å². The van der Waals surface area contributed by atoms with Crippen LogP contribution in [0.1, 0.15) is 20.8 Å². The normalized spacial score (nSPS) is 15.3. The smallest absolute Gasteiger partial charge is 0.304 e. The molecule has 2 atom stereocenters. The van der Waals surface area contributed by atoms with Gasteiger partial charge in [-0.15, -0.1) is 4.52 Å². The van der Waals surface area contributed by atoms with Crippen LogP contribution in [0, 0.1) is 0 Å². The van der Waals surface area contributed by atoms with Gasteiger partial charge in [0.2, 0.25) is 0 Å². The molecule has 0 aliphatic heterocycles. The third-order valence-electron chi connectivity index (χ3n) is 1.59. The van der Waals surface area contributed by atoms with E-state index in [-0.39, 0.29) is 19.8 Å². The van der Waals surface area contributed by atoms with E-state index in [9.17, 15) is 17.5 Å². The lowest BCUT2D eigenvalue weighted by molar-refractivity contribution is 0.182. The van der Waals surface area contributed by atoms with Gasteiger partial charge in [0.25, 0.3) is 10.1 Å². The Kier molecular flexibility index (Phi) is 8.47. The fraction of sp³-hybridized carbons (Fsp3) is 1.00. The van der Waals surface area contributed by atoms with Crippen LogP contribution in [0.25, 0.3) is 0 Å². The number of hydrogen-bond donors (Lipinski definition) is 0. The average Bonchev–Trinajstić information content (AvgIpc) is 2.25. The molecule has 0 bridgehead atoms. The van der Waals surface area contributed by atoms with Crippen LogP contribution in [0.5, 0.6) is 0 Å². The van der Waals surface area contributed by atoms with Crippen molar-refractivity contribution in [3.63, 3.8) is 0 Å². The molecule has 114 valence electrons. The highest BCUT2D eigenvalue weighted by atomic mass is 32.2. The third-order valence-corrected chi connectivity index (χ3v) is 6.69. The molecular weight excluding hydrogens is 318 g/mol. The van der Waals surface area contributed by atoms with Crippen molar-refractivity contribution in [1.82, 2.24) is 0 Å². The van der Waals surface area contributed by atoms with Crippen LogP contribution in [-0.4, -0.2) is 40.1 Å². The van der Waals surface area contributed by atoms with E-state index in [1.54, 1.807) is 6.92 Å². The molecule has 0 spiro atoms. The molecule has 0 aliphatic rings. The van der Waals surface area contributed by atoms with E-state index < -0.39 is 31.3 Å². The van der Waals surface area contributed by atoms with Gasteiger partial charge in [0, 0.05) is 0 Å². The van der Waals surface area contributed by atoms with E-state index in [1.165, 1.54) is 13.8 Å². The van der Waals surface area contributed by atoms with E-state index in [2.05, 4.69) is 4.18 Å². The predicted octanol–water partition coefficient (Wildman–Crippen LogP) is 2.29. The van der Waals surface area contributed by atoms with E-state index in [0.717, 1.165) is 6.26 Å². The topological polar surface area (TPSA) is 105 Å². The lowest BCUT2D eigenvalue weighted by atomic mass is 10.9. The molecule has 0 aliphatic carbocycles. The second kappa shape index (κ2) is 8.42. The summed E-state index contributed by atoms with van der Waals surface area (Å²) in [5.41, 5.74) is -1.81. The minimum atomic E-state index is -4.02. The van der Waals surface area contributed by atoms with Crippen molar-refractivity contribution in [2.24, 2.45) is 0 Å². The minimum Gasteiger partial charge on any atom is -0.304 e. The average molecular weight is 337 g/mol. The van der Waals surface area contributed by atoms with Gasteiger partial charge in [-0.25, -0.2) is 4.18 Å². The Balaban J connectivity index is 5.39. The second-order valence-corrected chi connectivity index (χ2v) is 8.58. The first-order valence-corrected chi connectivity index (χ1v) is 10.2. The molecule has 0 heterocycles. The van der Waals surface area contributed by atoms with Gasteiger partial charge < -0.3 is 9.05 Å². The lowest BCUT2D eigenvalue weighted by Crippen LogP contribution is -2.18. The molecule has 0 N–H and O–H groups in total. The molecule has 2 unspecified atom stereocenters. The van der Waals surface area contributed by atoms with E-state index in [4.69, 9.17) is 13.6 Å². The summed E-state index contributed by atoms with van der Waals surface area (Å²) >= 11 is 0. The first-order valence-electron chi connectivity index (χ1n) is 5.56. The summed E-state index contributed by atoms with van der Waals surface area (Å²) in [6.07, 6.45) is 0.747. The van der Waals surface area contributed by atoms with Gasteiger partial charge >= 0.3 is 21.2 Å². The maximum atomic E-state index is 12.4. The van der Waals surface area contributed by atoms with Gasteiger partial charge in [0.05, 0.1) is 26.1 Å². The van der Waals surface area contributed by atoms with Gasteiger partial charge in [0.15, 0.2) is 0 Å². The zero-order valence-electron chi connectivity index (χ0n) is 11.3. The Morgan fingerprint density at radius 1 is 1.11 bits per heavy atom. The van der Waals surface area contributed by atoms with Gasteiger partial charge in [-0.1, -0.05) is 0 Å². The summed E-state index contributed by atoms with van der Waals surface area (Å²) in [5, 5.41) is 0. The molecule has 0 rings (SSSR count). The van der Waals surface area contributed by atoms with Gasteiger partial charge in [-0.3, -0.25) is 4.57 Å². The SMILES string of the molecule is CCO[P+](=O)C(OS(C)(=O)=O)P(=O)(OCC)OCC. The number of rotatable bonds is 10. The van der Waals surface area contributed by atoms with Crippen molar-refractivity contribution in [1.29, 1.82) is 0 Å². The second-order valence-electron chi connectivity index (χ2n) is 3.21. The molecule has 8 nitrogen and oxygen atoms in total. The Morgan fingerprint density at radius 3 is 1.89 bits per heavy atom. The first kappa shape index (κ1) is 19.1. The van der Waals surface area contributed by atoms with E-state index in [1.807, 2.05) is 0 Å². The van der Waals surface area contributed by atoms with Crippen molar-refractivity contribution < 1.29 is 35.3 Å². The van der Waals surface area contributed by atoms with Crippen molar-refractivity contribution in [3.05, 3.63) is 0 Å². The van der Waals surface area contributed by atoms with Crippen molar-refractivity contribution >= 4 is 25.7 Å². The molecule has 0 aromatic heterocycles. The van der Waals surface area contributed by atoms with Crippen LogP contribution >= 0.6 is 15.6 Å². The molecule has 19 heavy (non-hydrogen) atoms. The van der Waals surface area contributed by atoms with Crippen LogP contribution in [0.3, 0.4) is 0 Å². The highest BCUT2D eigenvalue weighted by molar-refractivity contribution is 7.86. The summed E-state index contributed by atoms with van der Waals surface area (Å²) in [6.45, 7) is 4.63. The Bertz CT molecular complexity index is 424. The maximum absolute atomic E-state index is 12.4. The summed E-state index contributed by atoms with van der Waals surface area (Å²) in [4.78, 5) is 0. The fourth-order valence-corrected chi connectivity index (χ4v) is 5.98. The van der Waals surface area contributed by atoms with Crippen LogP contribution in [-0.2, 0) is 37.0 Å². The molecular formula is C8H19O8P2S+. The van der Waals surface area contributed by atoms with Crippen LogP contribution in [0.2, 0.25) is 0 Å². The summed E-state index contributed by atoms with van der Waals surface area (Å²) < 4.78 is 65.8. The quantitative estimate of drug-likeness (QED) is 0.441. The molecule has 0 saturated carbocycles. The van der Waals surface area contributed by atoms with E-state index >= 15 is 0 Å². The van der Waals surface area contributed by atoms with Crippen molar-refractivity contribution in [3.8, 4) is 0 Å². The molecule has 0 radical (unpaired) electrons. The Morgan fingerprint density at radius 2 is 1.58 bits per heavy atom. The molecule has 11 heteroatoms. The molecule has 0 aromatic rings.